The lowest BCUT2D eigenvalue weighted by atomic mass is 10.1. The lowest BCUT2D eigenvalue weighted by molar-refractivity contribution is -0.121. The lowest BCUT2D eigenvalue weighted by Gasteiger charge is -2.29. The molecule has 26 heavy (non-hydrogen) atoms. The average Bonchev–Trinajstić information content (AvgIpc) is 3.14. The molecule has 0 bridgehead atoms. The van der Waals surface area contributed by atoms with Crippen LogP contribution >= 0.6 is 11.3 Å². The molecule has 130 valence electrons. The van der Waals surface area contributed by atoms with E-state index in [0.717, 1.165) is 33.1 Å². The summed E-state index contributed by atoms with van der Waals surface area (Å²) in [5, 5.41) is 3.02. The summed E-state index contributed by atoms with van der Waals surface area (Å²) in [5.41, 5.74) is 4.66. The second kappa shape index (κ2) is 6.77. The summed E-state index contributed by atoms with van der Waals surface area (Å²) in [5.74, 6) is 0.661. The van der Waals surface area contributed by atoms with Crippen LogP contribution in [0.4, 0.5) is 5.69 Å². The van der Waals surface area contributed by atoms with Gasteiger partial charge in [-0.25, -0.2) is 4.98 Å². The van der Waals surface area contributed by atoms with E-state index in [-0.39, 0.29) is 12.5 Å². The van der Waals surface area contributed by atoms with E-state index in [2.05, 4.69) is 18.7 Å². The number of hydrogen-bond donors (Lipinski definition) is 0. The predicted molar refractivity (Wildman–Crippen MR) is 106 cm³/mol. The van der Waals surface area contributed by atoms with E-state index in [1.54, 1.807) is 16.2 Å². The van der Waals surface area contributed by atoms with Crippen molar-refractivity contribution < 1.29 is 9.53 Å². The number of nitrogens with zero attached hydrogens (tertiary/aromatic N) is 2. The zero-order chi connectivity index (χ0) is 18.1. The molecule has 1 amide bonds. The van der Waals surface area contributed by atoms with Gasteiger partial charge in [-0.3, -0.25) is 4.79 Å². The second-order valence-corrected chi connectivity index (χ2v) is 7.17. The molecule has 0 radical (unpaired) electrons. The van der Waals surface area contributed by atoms with Crippen LogP contribution in [-0.4, -0.2) is 24.0 Å². The van der Waals surface area contributed by atoms with Crippen LogP contribution in [-0.2, 0) is 4.79 Å². The van der Waals surface area contributed by atoms with Crippen LogP contribution in [0.3, 0.4) is 0 Å². The maximum atomic E-state index is 12.3. The molecule has 0 saturated heterocycles. The molecular formula is C21H18N2O2S. The van der Waals surface area contributed by atoms with E-state index in [9.17, 15) is 4.79 Å². The smallest absolute Gasteiger partial charge is 0.265 e. The zero-order valence-electron chi connectivity index (χ0n) is 14.4. The standard InChI is InChI=1S/C21H18N2O2S/c1-14(2)11-23-18-10-16(8-9-19(18)25-12-20(23)24)17-13-26-21(22-17)15-6-4-3-5-7-15/h3-10,13H,1,11-12H2,2H3. The number of amides is 1. The van der Waals surface area contributed by atoms with Crippen molar-refractivity contribution in [3.8, 4) is 27.6 Å². The number of fused-ring (bicyclic) bond motifs is 1. The molecule has 0 unspecified atom stereocenters. The first-order chi connectivity index (χ1) is 12.6. The third-order valence-electron chi connectivity index (χ3n) is 4.15. The lowest BCUT2D eigenvalue weighted by Crippen LogP contribution is -2.39. The molecule has 0 atom stereocenters. The van der Waals surface area contributed by atoms with Gasteiger partial charge in [-0.2, -0.15) is 0 Å². The summed E-state index contributed by atoms with van der Waals surface area (Å²) >= 11 is 1.61. The van der Waals surface area contributed by atoms with E-state index in [4.69, 9.17) is 9.72 Å². The Bertz CT molecular complexity index is 979. The molecule has 0 N–H and O–H groups in total. The molecule has 5 heteroatoms. The van der Waals surface area contributed by atoms with Gasteiger partial charge in [0.05, 0.1) is 11.4 Å². The molecule has 0 spiro atoms. The average molecular weight is 362 g/mol. The Kier molecular flexibility index (Phi) is 4.31. The Labute approximate surface area is 156 Å². The van der Waals surface area contributed by atoms with Gasteiger partial charge in [0.15, 0.2) is 6.61 Å². The Morgan fingerprint density at radius 1 is 1.23 bits per heavy atom. The van der Waals surface area contributed by atoms with E-state index < -0.39 is 0 Å². The first kappa shape index (κ1) is 16.5. The Morgan fingerprint density at radius 2 is 2.04 bits per heavy atom. The molecule has 4 nitrogen and oxygen atoms in total. The van der Waals surface area contributed by atoms with Gasteiger partial charge in [0.2, 0.25) is 0 Å². The van der Waals surface area contributed by atoms with Crippen molar-refractivity contribution in [2.75, 3.05) is 18.1 Å². The zero-order valence-corrected chi connectivity index (χ0v) is 15.3. The predicted octanol–water partition coefficient (Wildman–Crippen LogP) is 4.78. The van der Waals surface area contributed by atoms with Crippen molar-refractivity contribution in [1.82, 2.24) is 4.98 Å². The molecule has 0 saturated carbocycles. The highest BCUT2D eigenvalue weighted by atomic mass is 32.1. The quantitative estimate of drug-likeness (QED) is 0.627. The number of thiazole rings is 1. The van der Waals surface area contributed by atoms with Crippen LogP contribution in [0, 0.1) is 0 Å². The molecule has 0 aliphatic carbocycles. The number of benzene rings is 2. The van der Waals surface area contributed by atoms with Gasteiger partial charge in [-0.05, 0) is 25.1 Å². The number of rotatable bonds is 4. The number of ether oxygens (including phenoxy) is 1. The topological polar surface area (TPSA) is 42.4 Å². The molecular weight excluding hydrogens is 344 g/mol. The monoisotopic (exact) mass is 362 g/mol. The summed E-state index contributed by atoms with van der Waals surface area (Å²) in [4.78, 5) is 18.8. The largest absolute Gasteiger partial charge is 0.482 e. The fraction of sp³-hybridized carbons (Fsp3) is 0.143. The van der Waals surface area contributed by atoms with Crippen molar-refractivity contribution >= 4 is 22.9 Å². The molecule has 0 fully saturated rings. The normalized spacial score (nSPS) is 13.3. The van der Waals surface area contributed by atoms with Gasteiger partial charge in [0, 0.05) is 23.1 Å². The number of aromatic nitrogens is 1. The fourth-order valence-electron chi connectivity index (χ4n) is 2.92. The van der Waals surface area contributed by atoms with Crippen LogP contribution in [0.5, 0.6) is 5.75 Å². The van der Waals surface area contributed by atoms with Crippen molar-refractivity contribution in [3.05, 3.63) is 66.1 Å². The van der Waals surface area contributed by atoms with E-state index >= 15 is 0 Å². The van der Waals surface area contributed by atoms with Gasteiger partial charge >= 0.3 is 0 Å². The SMILES string of the molecule is C=C(C)CN1C(=O)COc2ccc(-c3csc(-c4ccccc4)n3)cc21. The number of carbonyl (C=O) groups excluding carboxylic acids is 1. The summed E-state index contributed by atoms with van der Waals surface area (Å²) in [7, 11) is 0. The number of hydrogen-bond acceptors (Lipinski definition) is 4. The van der Waals surface area contributed by atoms with Crippen LogP contribution in [0.15, 0.2) is 66.1 Å². The van der Waals surface area contributed by atoms with Gasteiger partial charge in [-0.1, -0.05) is 42.5 Å². The Balaban J connectivity index is 1.71. The van der Waals surface area contributed by atoms with Gasteiger partial charge in [0.25, 0.3) is 5.91 Å². The highest BCUT2D eigenvalue weighted by molar-refractivity contribution is 7.13. The van der Waals surface area contributed by atoms with Crippen LogP contribution < -0.4 is 9.64 Å². The molecule has 4 rings (SSSR count). The Hall–Kier alpha value is -2.92. The summed E-state index contributed by atoms with van der Waals surface area (Å²) in [6, 6.07) is 16.0. The maximum Gasteiger partial charge on any atom is 0.265 e. The van der Waals surface area contributed by atoms with Gasteiger partial charge in [-0.15, -0.1) is 11.3 Å². The molecule has 2 aromatic carbocycles. The fourth-order valence-corrected chi connectivity index (χ4v) is 3.76. The highest BCUT2D eigenvalue weighted by Crippen LogP contribution is 2.37. The first-order valence-corrected chi connectivity index (χ1v) is 9.23. The highest BCUT2D eigenvalue weighted by Gasteiger charge is 2.26. The Morgan fingerprint density at radius 3 is 2.81 bits per heavy atom. The molecule has 1 aliphatic rings. The summed E-state index contributed by atoms with van der Waals surface area (Å²) < 4.78 is 5.57. The number of anilines is 1. The van der Waals surface area contributed by atoms with Gasteiger partial charge < -0.3 is 9.64 Å². The van der Waals surface area contributed by atoms with Crippen LogP contribution in [0.2, 0.25) is 0 Å². The van der Waals surface area contributed by atoms with E-state index in [1.165, 1.54) is 0 Å². The van der Waals surface area contributed by atoms with E-state index in [0.29, 0.717) is 12.3 Å². The third-order valence-corrected chi connectivity index (χ3v) is 5.04. The molecule has 3 aromatic rings. The molecule has 1 aromatic heterocycles. The van der Waals surface area contributed by atoms with Crippen molar-refractivity contribution in [2.45, 2.75) is 6.92 Å². The molecule has 1 aliphatic heterocycles. The maximum absolute atomic E-state index is 12.3. The van der Waals surface area contributed by atoms with Crippen molar-refractivity contribution in [1.29, 1.82) is 0 Å². The first-order valence-electron chi connectivity index (χ1n) is 8.35. The van der Waals surface area contributed by atoms with Crippen molar-refractivity contribution in [3.63, 3.8) is 0 Å². The summed E-state index contributed by atoms with van der Waals surface area (Å²) in [6.45, 7) is 6.40. The third kappa shape index (κ3) is 3.13. The van der Waals surface area contributed by atoms with Crippen LogP contribution in [0.25, 0.3) is 21.8 Å². The van der Waals surface area contributed by atoms with Crippen LogP contribution in [0.1, 0.15) is 6.92 Å². The summed E-state index contributed by atoms with van der Waals surface area (Å²) in [6.07, 6.45) is 0. The second-order valence-electron chi connectivity index (χ2n) is 6.31. The van der Waals surface area contributed by atoms with E-state index in [1.807, 2.05) is 48.7 Å². The minimum absolute atomic E-state index is 0.0547. The number of carbonyl (C=O) groups is 1. The molecule has 2 heterocycles. The minimum atomic E-state index is -0.0547. The minimum Gasteiger partial charge on any atom is -0.482 e. The van der Waals surface area contributed by atoms with Gasteiger partial charge in [0.1, 0.15) is 10.8 Å². The van der Waals surface area contributed by atoms with Crippen molar-refractivity contribution in [2.24, 2.45) is 0 Å².